The first kappa shape index (κ1) is 14.7. The van der Waals surface area contributed by atoms with Gasteiger partial charge < -0.3 is 10.2 Å². The second-order valence-corrected chi connectivity index (χ2v) is 7.03. The lowest BCUT2D eigenvalue weighted by Gasteiger charge is -2.27. The van der Waals surface area contributed by atoms with Crippen molar-refractivity contribution in [1.29, 1.82) is 0 Å². The van der Waals surface area contributed by atoms with Crippen LogP contribution in [-0.2, 0) is 14.6 Å². The number of aromatic nitrogens is 2. The van der Waals surface area contributed by atoms with Crippen LogP contribution in [0.3, 0.4) is 0 Å². The predicted octanol–water partition coefficient (Wildman–Crippen LogP) is 0.448. The first-order chi connectivity index (χ1) is 9.41. The van der Waals surface area contributed by atoms with Crippen LogP contribution in [0.4, 0.5) is 11.6 Å². The zero-order valence-electron chi connectivity index (χ0n) is 11.5. The molecule has 1 unspecified atom stereocenters. The zero-order valence-corrected chi connectivity index (χ0v) is 12.4. The van der Waals surface area contributed by atoms with Gasteiger partial charge in [0.1, 0.15) is 0 Å². The van der Waals surface area contributed by atoms with Gasteiger partial charge in [0, 0.05) is 19.5 Å². The Balaban J connectivity index is 2.14. The Morgan fingerprint density at radius 3 is 2.65 bits per heavy atom. The van der Waals surface area contributed by atoms with E-state index in [4.69, 9.17) is 0 Å². The topological polar surface area (TPSA) is 92.3 Å². The molecule has 8 heteroatoms. The zero-order chi connectivity index (χ0) is 14.8. The van der Waals surface area contributed by atoms with Gasteiger partial charge in [-0.05, 0) is 25.5 Å². The summed E-state index contributed by atoms with van der Waals surface area (Å²) in [5.74, 6) is 1.20. The Morgan fingerprint density at radius 2 is 2.20 bits per heavy atom. The molecule has 1 fully saturated rings. The quantitative estimate of drug-likeness (QED) is 0.867. The molecule has 0 saturated carbocycles. The predicted molar refractivity (Wildman–Crippen MR) is 76.4 cm³/mol. The molecule has 0 aromatic carbocycles. The number of carbonyl (C=O) groups excluding carboxylic acids is 1. The molecule has 1 aliphatic rings. The number of nitrogens with zero attached hydrogens (tertiary/aromatic N) is 3. The summed E-state index contributed by atoms with van der Waals surface area (Å²) in [7, 11) is -2.93. The fourth-order valence-electron chi connectivity index (χ4n) is 2.35. The summed E-state index contributed by atoms with van der Waals surface area (Å²) in [5.41, 5.74) is 0. The van der Waals surface area contributed by atoms with E-state index in [-0.39, 0.29) is 23.5 Å². The van der Waals surface area contributed by atoms with Gasteiger partial charge in [0.15, 0.2) is 21.5 Å². The van der Waals surface area contributed by atoms with E-state index in [0.717, 1.165) is 0 Å². The van der Waals surface area contributed by atoms with Crippen LogP contribution in [0.5, 0.6) is 0 Å². The van der Waals surface area contributed by atoms with Crippen molar-refractivity contribution in [2.45, 2.75) is 26.3 Å². The van der Waals surface area contributed by atoms with Crippen molar-refractivity contribution in [2.75, 3.05) is 28.3 Å². The fourth-order valence-corrected chi connectivity index (χ4v) is 4.08. The molecule has 2 rings (SSSR count). The minimum Gasteiger partial charge on any atom is -0.351 e. The van der Waals surface area contributed by atoms with Crippen LogP contribution in [0.2, 0.25) is 0 Å². The van der Waals surface area contributed by atoms with Crippen LogP contribution < -0.4 is 10.2 Å². The summed E-state index contributed by atoms with van der Waals surface area (Å²) in [5, 5.41) is 10.5. The Morgan fingerprint density at radius 1 is 1.45 bits per heavy atom. The van der Waals surface area contributed by atoms with Crippen LogP contribution in [-0.4, -0.2) is 48.6 Å². The molecule has 0 bridgehead atoms. The molecule has 0 spiro atoms. The number of hydrogen-bond donors (Lipinski definition) is 1. The number of carbonyl (C=O) groups is 1. The number of rotatable bonds is 4. The van der Waals surface area contributed by atoms with Crippen molar-refractivity contribution in [1.82, 2.24) is 10.2 Å². The van der Waals surface area contributed by atoms with Crippen molar-refractivity contribution < 1.29 is 13.2 Å². The fraction of sp³-hybridized carbons (Fsp3) is 0.583. The molecule has 2 heterocycles. The highest BCUT2D eigenvalue weighted by atomic mass is 32.2. The molecular weight excluding hydrogens is 280 g/mol. The molecule has 1 N–H and O–H groups in total. The molecule has 110 valence electrons. The van der Waals surface area contributed by atoms with Gasteiger partial charge in [-0.25, -0.2) is 8.42 Å². The van der Waals surface area contributed by atoms with Crippen molar-refractivity contribution >= 4 is 27.4 Å². The van der Waals surface area contributed by atoms with Crippen molar-refractivity contribution in [3.63, 3.8) is 0 Å². The van der Waals surface area contributed by atoms with Gasteiger partial charge in [-0.3, -0.25) is 4.79 Å². The van der Waals surface area contributed by atoms with Crippen LogP contribution >= 0.6 is 0 Å². The Kier molecular flexibility index (Phi) is 4.22. The summed E-state index contributed by atoms with van der Waals surface area (Å²) in [4.78, 5) is 12.9. The number of amides is 1. The lowest BCUT2D eigenvalue weighted by molar-refractivity contribution is -0.114. The molecule has 7 nitrogen and oxygen atoms in total. The minimum absolute atomic E-state index is 0.0501. The summed E-state index contributed by atoms with van der Waals surface area (Å²) in [6.45, 7) is 4.01. The second-order valence-electron chi connectivity index (χ2n) is 4.80. The molecular formula is C12H18N4O3S. The maximum atomic E-state index is 11.6. The largest absolute Gasteiger partial charge is 0.351 e. The summed E-state index contributed by atoms with van der Waals surface area (Å²) < 4.78 is 23.1. The van der Waals surface area contributed by atoms with Crippen LogP contribution in [0.25, 0.3) is 0 Å². The van der Waals surface area contributed by atoms with Crippen molar-refractivity contribution in [2.24, 2.45) is 0 Å². The third kappa shape index (κ3) is 3.44. The van der Waals surface area contributed by atoms with Crippen molar-refractivity contribution in [3.05, 3.63) is 12.1 Å². The molecule has 1 atom stereocenters. The first-order valence-corrected chi connectivity index (χ1v) is 8.32. The Labute approximate surface area is 118 Å². The maximum absolute atomic E-state index is 11.6. The standard InChI is InChI=1S/C12H18N4O3S/c1-3-16(10-6-7-20(18,19)8-10)12-5-4-11(14-15-12)13-9(2)17/h4-5,10H,3,6-8H2,1-2H3,(H,13,14,17). The second kappa shape index (κ2) is 5.74. The highest BCUT2D eigenvalue weighted by Crippen LogP contribution is 2.22. The van der Waals surface area contributed by atoms with Gasteiger partial charge in [-0.1, -0.05) is 0 Å². The molecule has 20 heavy (non-hydrogen) atoms. The average molecular weight is 298 g/mol. The highest BCUT2D eigenvalue weighted by Gasteiger charge is 2.32. The molecule has 1 aromatic heterocycles. The Bertz CT molecular complexity index is 585. The van der Waals surface area contributed by atoms with Crippen LogP contribution in [0.15, 0.2) is 12.1 Å². The summed E-state index contributed by atoms with van der Waals surface area (Å²) >= 11 is 0. The monoisotopic (exact) mass is 298 g/mol. The van der Waals surface area contributed by atoms with Gasteiger partial charge in [0.25, 0.3) is 0 Å². The maximum Gasteiger partial charge on any atom is 0.222 e. The lowest BCUT2D eigenvalue weighted by atomic mass is 10.2. The van der Waals surface area contributed by atoms with Gasteiger partial charge in [0.2, 0.25) is 5.91 Å². The first-order valence-electron chi connectivity index (χ1n) is 6.49. The normalized spacial score (nSPS) is 20.6. The molecule has 1 aliphatic heterocycles. The van der Waals surface area contributed by atoms with E-state index in [1.807, 2.05) is 11.8 Å². The smallest absolute Gasteiger partial charge is 0.222 e. The SMILES string of the molecule is CCN(c1ccc(NC(C)=O)nn1)C1CCS(=O)(=O)C1. The van der Waals surface area contributed by atoms with Crippen LogP contribution in [0, 0.1) is 0 Å². The van der Waals surface area contributed by atoms with Crippen LogP contribution in [0.1, 0.15) is 20.3 Å². The molecule has 1 amide bonds. The summed E-state index contributed by atoms with van der Waals surface area (Å²) in [6.07, 6.45) is 0.616. The number of nitrogens with one attached hydrogen (secondary N) is 1. The Hall–Kier alpha value is -1.70. The average Bonchev–Trinajstić information content (AvgIpc) is 2.72. The van der Waals surface area contributed by atoms with Gasteiger partial charge in [-0.2, -0.15) is 0 Å². The number of sulfone groups is 1. The van der Waals surface area contributed by atoms with E-state index >= 15 is 0 Å². The third-order valence-corrected chi connectivity index (χ3v) is 4.99. The van der Waals surface area contributed by atoms with E-state index < -0.39 is 9.84 Å². The third-order valence-electron chi connectivity index (χ3n) is 3.24. The minimum atomic E-state index is -2.93. The van der Waals surface area contributed by atoms with Gasteiger partial charge >= 0.3 is 0 Å². The number of hydrogen-bond acceptors (Lipinski definition) is 6. The van der Waals surface area contributed by atoms with Gasteiger partial charge in [-0.15, -0.1) is 10.2 Å². The number of anilines is 2. The molecule has 1 aromatic rings. The van der Waals surface area contributed by atoms with E-state index in [0.29, 0.717) is 24.6 Å². The molecule has 0 radical (unpaired) electrons. The molecule has 1 saturated heterocycles. The lowest BCUT2D eigenvalue weighted by Crippen LogP contribution is -2.36. The van der Waals surface area contributed by atoms with Crippen molar-refractivity contribution in [3.8, 4) is 0 Å². The van der Waals surface area contributed by atoms with Gasteiger partial charge in [0.05, 0.1) is 11.5 Å². The van der Waals surface area contributed by atoms with E-state index in [1.54, 1.807) is 12.1 Å². The highest BCUT2D eigenvalue weighted by molar-refractivity contribution is 7.91. The molecule has 0 aliphatic carbocycles. The van der Waals surface area contributed by atoms with E-state index in [2.05, 4.69) is 15.5 Å². The summed E-state index contributed by atoms with van der Waals surface area (Å²) in [6, 6.07) is 3.36. The van der Waals surface area contributed by atoms with E-state index in [1.165, 1.54) is 6.92 Å². The van der Waals surface area contributed by atoms with E-state index in [9.17, 15) is 13.2 Å².